The summed E-state index contributed by atoms with van der Waals surface area (Å²) in [5, 5.41) is 6.75. The lowest BCUT2D eigenvalue weighted by molar-refractivity contribution is 0.146. The molecule has 0 saturated carbocycles. The average molecular weight is 253 g/mol. The van der Waals surface area contributed by atoms with Gasteiger partial charge in [0.15, 0.2) is 5.11 Å². The molecule has 94 valence electrons. The number of hydrogen-bond donors (Lipinski definition) is 2. The van der Waals surface area contributed by atoms with Crippen molar-refractivity contribution in [2.24, 2.45) is 0 Å². The van der Waals surface area contributed by atoms with E-state index in [1.807, 2.05) is 32.0 Å². The van der Waals surface area contributed by atoms with Gasteiger partial charge in [0, 0.05) is 25.5 Å². The predicted octanol–water partition coefficient (Wildman–Crippen LogP) is 2.10. The first-order valence-corrected chi connectivity index (χ1v) is 6.19. The Morgan fingerprint density at radius 3 is 3.00 bits per heavy atom. The Labute approximate surface area is 108 Å². The zero-order valence-corrected chi connectivity index (χ0v) is 11.1. The fourth-order valence-corrected chi connectivity index (χ4v) is 1.50. The molecule has 0 aliphatic heterocycles. The lowest BCUT2D eigenvalue weighted by Crippen LogP contribution is -2.30. The Morgan fingerprint density at radius 2 is 2.29 bits per heavy atom. The highest BCUT2D eigenvalue weighted by atomic mass is 32.1. The second-order valence-electron chi connectivity index (χ2n) is 3.60. The highest BCUT2D eigenvalue weighted by Gasteiger charge is 1.98. The number of rotatable bonds is 6. The van der Waals surface area contributed by atoms with E-state index in [2.05, 4.69) is 15.6 Å². The summed E-state index contributed by atoms with van der Waals surface area (Å²) in [6, 6.07) is 5.79. The molecular formula is C12H19N3OS. The van der Waals surface area contributed by atoms with Crippen LogP contribution in [0.3, 0.4) is 0 Å². The molecule has 0 amide bonds. The first-order valence-electron chi connectivity index (χ1n) is 5.78. The maximum atomic E-state index is 5.23. The zero-order valence-electron chi connectivity index (χ0n) is 10.3. The summed E-state index contributed by atoms with van der Waals surface area (Å²) < 4.78 is 5.23. The minimum Gasteiger partial charge on any atom is -0.382 e. The molecule has 0 unspecified atom stereocenters. The second-order valence-corrected chi connectivity index (χ2v) is 4.00. The number of aromatic nitrogens is 1. The van der Waals surface area contributed by atoms with Gasteiger partial charge < -0.3 is 15.4 Å². The van der Waals surface area contributed by atoms with Gasteiger partial charge >= 0.3 is 0 Å². The van der Waals surface area contributed by atoms with Crippen LogP contribution in [0.2, 0.25) is 0 Å². The van der Waals surface area contributed by atoms with Crippen molar-refractivity contribution in [1.82, 2.24) is 10.3 Å². The van der Waals surface area contributed by atoms with Crippen molar-refractivity contribution in [3.8, 4) is 0 Å². The number of pyridine rings is 1. The number of nitrogens with zero attached hydrogens (tertiary/aromatic N) is 1. The molecule has 0 saturated heterocycles. The number of anilines is 1. The molecule has 5 heteroatoms. The molecule has 0 aromatic carbocycles. The van der Waals surface area contributed by atoms with Crippen molar-refractivity contribution in [1.29, 1.82) is 0 Å². The fraction of sp³-hybridized carbons (Fsp3) is 0.500. The number of nitrogens with one attached hydrogen (secondary N) is 2. The molecule has 17 heavy (non-hydrogen) atoms. The van der Waals surface area contributed by atoms with E-state index in [0.29, 0.717) is 5.11 Å². The SMILES string of the molecule is CCOCCCNC(=S)Nc1cccc(C)n1. The van der Waals surface area contributed by atoms with E-state index >= 15 is 0 Å². The van der Waals surface area contributed by atoms with Gasteiger partial charge in [-0.1, -0.05) is 6.07 Å². The standard InChI is InChI=1S/C12H19N3OS/c1-3-16-9-5-8-13-12(17)15-11-7-4-6-10(2)14-11/h4,6-7H,3,5,8-9H2,1-2H3,(H2,13,14,15,17). The van der Waals surface area contributed by atoms with Crippen molar-refractivity contribution in [3.05, 3.63) is 23.9 Å². The summed E-state index contributed by atoms with van der Waals surface area (Å²) >= 11 is 5.15. The van der Waals surface area contributed by atoms with Crippen LogP contribution < -0.4 is 10.6 Å². The van der Waals surface area contributed by atoms with Crippen molar-refractivity contribution >= 4 is 23.1 Å². The van der Waals surface area contributed by atoms with Gasteiger partial charge in [0.25, 0.3) is 0 Å². The van der Waals surface area contributed by atoms with E-state index in [1.54, 1.807) is 0 Å². The summed E-state index contributed by atoms with van der Waals surface area (Å²) in [4.78, 5) is 4.31. The van der Waals surface area contributed by atoms with Crippen LogP contribution in [-0.2, 0) is 4.74 Å². The third kappa shape index (κ3) is 6.19. The van der Waals surface area contributed by atoms with Gasteiger partial charge in [-0.15, -0.1) is 0 Å². The zero-order chi connectivity index (χ0) is 12.5. The Kier molecular flexibility index (Phi) is 6.50. The van der Waals surface area contributed by atoms with E-state index in [4.69, 9.17) is 17.0 Å². The fourth-order valence-electron chi connectivity index (χ4n) is 1.29. The smallest absolute Gasteiger partial charge is 0.171 e. The Morgan fingerprint density at radius 1 is 1.47 bits per heavy atom. The molecule has 0 radical (unpaired) electrons. The van der Waals surface area contributed by atoms with Gasteiger partial charge in [-0.05, 0) is 44.6 Å². The Hall–Kier alpha value is -1.20. The summed E-state index contributed by atoms with van der Waals surface area (Å²) in [6.45, 7) is 6.26. The van der Waals surface area contributed by atoms with Crippen molar-refractivity contribution in [2.45, 2.75) is 20.3 Å². The van der Waals surface area contributed by atoms with Gasteiger partial charge in [0.1, 0.15) is 5.82 Å². The normalized spacial score (nSPS) is 10.0. The van der Waals surface area contributed by atoms with E-state index in [1.165, 1.54) is 0 Å². The molecule has 1 rings (SSSR count). The first-order chi connectivity index (χ1) is 8.22. The molecule has 1 heterocycles. The molecular weight excluding hydrogens is 234 g/mol. The van der Waals surface area contributed by atoms with Gasteiger partial charge in [-0.3, -0.25) is 0 Å². The monoisotopic (exact) mass is 253 g/mol. The number of aryl methyl sites for hydroxylation is 1. The number of ether oxygens (including phenoxy) is 1. The van der Waals surface area contributed by atoms with Crippen LogP contribution in [0.4, 0.5) is 5.82 Å². The highest BCUT2D eigenvalue weighted by Crippen LogP contribution is 2.03. The minimum atomic E-state index is 0.597. The predicted molar refractivity (Wildman–Crippen MR) is 74.3 cm³/mol. The number of hydrogen-bond acceptors (Lipinski definition) is 3. The van der Waals surface area contributed by atoms with Gasteiger partial charge in [-0.25, -0.2) is 4.98 Å². The van der Waals surface area contributed by atoms with E-state index in [0.717, 1.165) is 37.7 Å². The van der Waals surface area contributed by atoms with Gasteiger partial charge in [0.05, 0.1) is 0 Å². The number of thiocarbonyl (C=S) groups is 1. The van der Waals surface area contributed by atoms with E-state index in [-0.39, 0.29) is 0 Å². The molecule has 0 bridgehead atoms. The quantitative estimate of drug-likeness (QED) is 0.600. The maximum Gasteiger partial charge on any atom is 0.171 e. The van der Waals surface area contributed by atoms with Crippen LogP contribution >= 0.6 is 12.2 Å². The minimum absolute atomic E-state index is 0.597. The van der Waals surface area contributed by atoms with E-state index < -0.39 is 0 Å². The summed E-state index contributed by atoms with van der Waals surface area (Å²) in [7, 11) is 0. The molecule has 0 atom stereocenters. The van der Waals surface area contributed by atoms with Crippen LogP contribution in [0.1, 0.15) is 19.0 Å². The average Bonchev–Trinajstić information content (AvgIpc) is 2.29. The third-order valence-corrected chi connectivity index (χ3v) is 2.33. The molecule has 4 nitrogen and oxygen atoms in total. The second kappa shape index (κ2) is 7.97. The van der Waals surface area contributed by atoms with Crippen LogP contribution in [0.5, 0.6) is 0 Å². The molecule has 1 aromatic rings. The highest BCUT2D eigenvalue weighted by molar-refractivity contribution is 7.80. The summed E-state index contributed by atoms with van der Waals surface area (Å²) in [5.74, 6) is 0.771. The van der Waals surface area contributed by atoms with Crippen LogP contribution in [0.25, 0.3) is 0 Å². The van der Waals surface area contributed by atoms with Crippen molar-refractivity contribution < 1.29 is 4.74 Å². The van der Waals surface area contributed by atoms with E-state index in [9.17, 15) is 0 Å². The topological polar surface area (TPSA) is 46.2 Å². The van der Waals surface area contributed by atoms with Crippen LogP contribution in [0, 0.1) is 6.92 Å². The molecule has 0 aliphatic carbocycles. The third-order valence-electron chi connectivity index (χ3n) is 2.09. The van der Waals surface area contributed by atoms with Crippen molar-refractivity contribution in [3.63, 3.8) is 0 Å². The van der Waals surface area contributed by atoms with Gasteiger partial charge in [0.2, 0.25) is 0 Å². The summed E-state index contributed by atoms with van der Waals surface area (Å²) in [6.07, 6.45) is 0.941. The first kappa shape index (κ1) is 13.9. The molecule has 2 N–H and O–H groups in total. The lowest BCUT2D eigenvalue weighted by Gasteiger charge is -2.10. The summed E-state index contributed by atoms with van der Waals surface area (Å²) in [5.41, 5.74) is 0.967. The largest absolute Gasteiger partial charge is 0.382 e. The lowest BCUT2D eigenvalue weighted by atomic mass is 10.4. The molecule has 0 aliphatic rings. The molecule has 0 spiro atoms. The Balaban J connectivity index is 2.21. The van der Waals surface area contributed by atoms with Crippen molar-refractivity contribution in [2.75, 3.05) is 25.1 Å². The van der Waals surface area contributed by atoms with Crippen LogP contribution in [0.15, 0.2) is 18.2 Å². The molecule has 1 aromatic heterocycles. The maximum absolute atomic E-state index is 5.23. The Bertz CT molecular complexity index is 357. The molecule has 0 fully saturated rings. The van der Waals surface area contributed by atoms with Crippen LogP contribution in [-0.4, -0.2) is 29.9 Å². The van der Waals surface area contributed by atoms with Gasteiger partial charge in [-0.2, -0.15) is 0 Å².